The fraction of sp³-hybridized carbons (Fsp3) is 0.0714. The van der Waals surface area contributed by atoms with Gasteiger partial charge in [0.15, 0.2) is 0 Å². The zero-order valence-corrected chi connectivity index (χ0v) is 13.0. The van der Waals surface area contributed by atoms with Gasteiger partial charge in [0.2, 0.25) is 0 Å². The van der Waals surface area contributed by atoms with Crippen LogP contribution in [0.3, 0.4) is 0 Å². The SMILES string of the molecule is O=C(NCc1ccc(Cl)cc1)c1ccc(S(=O)(=O)Cl)cc1. The second-order valence-corrected chi connectivity index (χ2v) is 7.27. The van der Waals surface area contributed by atoms with E-state index in [0.29, 0.717) is 17.1 Å². The fourth-order valence-electron chi connectivity index (χ4n) is 1.66. The summed E-state index contributed by atoms with van der Waals surface area (Å²) in [4.78, 5) is 11.9. The summed E-state index contributed by atoms with van der Waals surface area (Å²) in [5.41, 5.74) is 1.26. The molecule has 0 saturated heterocycles. The molecule has 2 rings (SSSR count). The van der Waals surface area contributed by atoms with Crippen molar-refractivity contribution in [1.82, 2.24) is 5.32 Å². The van der Waals surface area contributed by atoms with Crippen LogP contribution in [0.2, 0.25) is 5.02 Å². The lowest BCUT2D eigenvalue weighted by molar-refractivity contribution is 0.0951. The molecule has 0 aliphatic heterocycles. The predicted octanol–water partition coefficient (Wildman–Crippen LogP) is 3.20. The van der Waals surface area contributed by atoms with Crippen LogP contribution in [-0.4, -0.2) is 14.3 Å². The molecule has 0 radical (unpaired) electrons. The van der Waals surface area contributed by atoms with Crippen molar-refractivity contribution in [3.8, 4) is 0 Å². The average Bonchev–Trinajstić information content (AvgIpc) is 2.45. The van der Waals surface area contributed by atoms with Crippen molar-refractivity contribution >= 4 is 37.2 Å². The molecule has 0 heterocycles. The molecule has 7 heteroatoms. The Morgan fingerprint density at radius 1 is 1.00 bits per heavy atom. The van der Waals surface area contributed by atoms with Gasteiger partial charge in [-0.1, -0.05) is 23.7 Å². The Labute approximate surface area is 132 Å². The highest BCUT2D eigenvalue weighted by Gasteiger charge is 2.11. The molecule has 1 N–H and O–H groups in total. The first kappa shape index (κ1) is 15.8. The van der Waals surface area contributed by atoms with E-state index in [0.717, 1.165) is 5.56 Å². The minimum atomic E-state index is -3.78. The van der Waals surface area contributed by atoms with E-state index >= 15 is 0 Å². The van der Waals surface area contributed by atoms with Gasteiger partial charge in [0, 0.05) is 27.8 Å². The van der Waals surface area contributed by atoms with Gasteiger partial charge in [-0.15, -0.1) is 0 Å². The minimum Gasteiger partial charge on any atom is -0.348 e. The average molecular weight is 344 g/mol. The Morgan fingerprint density at radius 2 is 1.57 bits per heavy atom. The molecule has 0 bridgehead atoms. The van der Waals surface area contributed by atoms with E-state index in [4.69, 9.17) is 22.3 Å². The molecule has 4 nitrogen and oxygen atoms in total. The Morgan fingerprint density at radius 3 is 2.10 bits per heavy atom. The van der Waals surface area contributed by atoms with Crippen molar-refractivity contribution in [2.45, 2.75) is 11.4 Å². The fourth-order valence-corrected chi connectivity index (χ4v) is 2.55. The number of amides is 1. The van der Waals surface area contributed by atoms with Crippen molar-refractivity contribution in [3.05, 3.63) is 64.7 Å². The van der Waals surface area contributed by atoms with E-state index in [9.17, 15) is 13.2 Å². The first-order chi connectivity index (χ1) is 9.86. The Kier molecular flexibility index (Phi) is 4.88. The molecule has 0 unspecified atom stereocenters. The lowest BCUT2D eigenvalue weighted by Crippen LogP contribution is -2.22. The number of halogens is 2. The number of carbonyl (C=O) groups is 1. The van der Waals surface area contributed by atoms with Crippen LogP contribution >= 0.6 is 22.3 Å². The van der Waals surface area contributed by atoms with Crippen molar-refractivity contribution < 1.29 is 13.2 Å². The number of rotatable bonds is 4. The monoisotopic (exact) mass is 343 g/mol. The van der Waals surface area contributed by atoms with Gasteiger partial charge >= 0.3 is 0 Å². The standard InChI is InChI=1S/C14H11Cl2NO3S/c15-12-5-1-10(2-6-12)9-17-14(18)11-3-7-13(8-4-11)21(16,19)20/h1-8H,9H2,(H,17,18). The number of nitrogens with one attached hydrogen (secondary N) is 1. The van der Waals surface area contributed by atoms with Crippen molar-refractivity contribution in [2.24, 2.45) is 0 Å². The first-order valence-corrected chi connectivity index (χ1v) is 8.62. The summed E-state index contributed by atoms with van der Waals surface area (Å²) in [6.45, 7) is 0.353. The molecule has 1 amide bonds. The van der Waals surface area contributed by atoms with E-state index in [1.807, 2.05) is 12.1 Å². The molecule has 0 saturated carbocycles. The molecule has 2 aromatic rings. The smallest absolute Gasteiger partial charge is 0.261 e. The van der Waals surface area contributed by atoms with Crippen molar-refractivity contribution in [1.29, 1.82) is 0 Å². The largest absolute Gasteiger partial charge is 0.348 e. The van der Waals surface area contributed by atoms with Crippen LogP contribution in [-0.2, 0) is 15.6 Å². The van der Waals surface area contributed by atoms with Gasteiger partial charge in [0.25, 0.3) is 15.0 Å². The molecule has 0 atom stereocenters. The molecule has 2 aromatic carbocycles. The first-order valence-electron chi connectivity index (χ1n) is 5.93. The molecule has 0 spiro atoms. The molecule has 0 fully saturated rings. The Bertz CT molecular complexity index is 741. The summed E-state index contributed by atoms with van der Waals surface area (Å²) in [6.07, 6.45) is 0. The van der Waals surface area contributed by atoms with Crippen LogP contribution in [0.4, 0.5) is 0 Å². The zero-order chi connectivity index (χ0) is 15.5. The van der Waals surface area contributed by atoms with Crippen molar-refractivity contribution in [2.75, 3.05) is 0 Å². The second kappa shape index (κ2) is 6.47. The minimum absolute atomic E-state index is 0.0431. The molecular formula is C14H11Cl2NO3S. The van der Waals surface area contributed by atoms with Gasteiger partial charge in [-0.25, -0.2) is 8.42 Å². The molecular weight excluding hydrogens is 333 g/mol. The molecule has 110 valence electrons. The van der Waals surface area contributed by atoms with Crippen LogP contribution in [0.25, 0.3) is 0 Å². The molecule has 0 aliphatic rings. The van der Waals surface area contributed by atoms with Crippen LogP contribution in [0.1, 0.15) is 15.9 Å². The number of carbonyl (C=O) groups excluding carboxylic acids is 1. The van der Waals surface area contributed by atoms with Gasteiger partial charge in [-0.2, -0.15) is 0 Å². The second-order valence-electron chi connectivity index (χ2n) is 4.27. The maximum absolute atomic E-state index is 11.9. The van der Waals surface area contributed by atoms with Gasteiger partial charge in [-0.05, 0) is 42.0 Å². The van der Waals surface area contributed by atoms with Gasteiger partial charge in [-0.3, -0.25) is 4.79 Å². The van der Waals surface area contributed by atoms with Crippen LogP contribution in [0.5, 0.6) is 0 Å². The van der Waals surface area contributed by atoms with E-state index in [-0.39, 0.29) is 10.8 Å². The summed E-state index contributed by atoms with van der Waals surface area (Å²) in [7, 11) is 1.43. The number of hydrogen-bond acceptors (Lipinski definition) is 3. The molecule has 0 aliphatic carbocycles. The third-order valence-electron chi connectivity index (χ3n) is 2.76. The summed E-state index contributed by atoms with van der Waals surface area (Å²) < 4.78 is 22.2. The van der Waals surface area contributed by atoms with Crippen LogP contribution in [0.15, 0.2) is 53.4 Å². The van der Waals surface area contributed by atoms with E-state index in [1.165, 1.54) is 24.3 Å². The van der Waals surface area contributed by atoms with E-state index in [1.54, 1.807) is 12.1 Å². The topological polar surface area (TPSA) is 63.2 Å². The number of benzene rings is 2. The van der Waals surface area contributed by atoms with Gasteiger partial charge in [0.05, 0.1) is 4.90 Å². The van der Waals surface area contributed by atoms with E-state index < -0.39 is 9.05 Å². The molecule has 21 heavy (non-hydrogen) atoms. The van der Waals surface area contributed by atoms with Gasteiger partial charge in [0.1, 0.15) is 0 Å². The van der Waals surface area contributed by atoms with Crippen LogP contribution in [0, 0.1) is 0 Å². The highest BCUT2D eigenvalue weighted by atomic mass is 35.7. The Hall–Kier alpha value is -1.56. The summed E-state index contributed by atoms with van der Waals surface area (Å²) in [5.74, 6) is -0.302. The van der Waals surface area contributed by atoms with Crippen LogP contribution < -0.4 is 5.32 Å². The maximum atomic E-state index is 11.9. The normalized spacial score (nSPS) is 11.1. The maximum Gasteiger partial charge on any atom is 0.261 e. The summed E-state index contributed by atoms with van der Waals surface area (Å²) >= 11 is 5.77. The zero-order valence-electron chi connectivity index (χ0n) is 10.7. The highest BCUT2D eigenvalue weighted by molar-refractivity contribution is 8.13. The summed E-state index contributed by atoms with van der Waals surface area (Å²) in [5, 5.41) is 3.36. The quantitative estimate of drug-likeness (QED) is 0.867. The summed E-state index contributed by atoms with van der Waals surface area (Å²) in [6, 6.07) is 12.5. The number of hydrogen-bond donors (Lipinski definition) is 1. The van der Waals surface area contributed by atoms with Crippen molar-refractivity contribution in [3.63, 3.8) is 0 Å². The highest BCUT2D eigenvalue weighted by Crippen LogP contribution is 2.15. The lowest BCUT2D eigenvalue weighted by Gasteiger charge is -2.06. The van der Waals surface area contributed by atoms with E-state index in [2.05, 4.69) is 5.32 Å². The van der Waals surface area contributed by atoms with Gasteiger partial charge < -0.3 is 5.32 Å². The molecule has 0 aromatic heterocycles. The predicted molar refractivity (Wildman–Crippen MR) is 82.1 cm³/mol. The third-order valence-corrected chi connectivity index (χ3v) is 4.39. The third kappa shape index (κ3) is 4.46. The Balaban J connectivity index is 2.02. The lowest BCUT2D eigenvalue weighted by atomic mass is 10.2.